The molecule has 0 amide bonds. The fraction of sp³-hybridized carbons (Fsp3) is 0.490. The van der Waals surface area contributed by atoms with E-state index in [1.807, 2.05) is 0 Å². The van der Waals surface area contributed by atoms with Gasteiger partial charge in [-0.2, -0.15) is 0 Å². The molecule has 0 spiro atoms. The lowest BCUT2D eigenvalue weighted by atomic mass is 9.75. The summed E-state index contributed by atoms with van der Waals surface area (Å²) in [5.41, 5.74) is 11.4. The first kappa shape index (κ1) is 41.1. The normalized spacial score (nSPS) is 13.8. The average Bonchev–Trinajstić information content (AvgIpc) is 2.98. The smallest absolute Gasteiger partial charge is 0.0171 e. The second-order valence-corrected chi connectivity index (χ2v) is 24.8. The summed E-state index contributed by atoms with van der Waals surface area (Å²) < 4.78 is 0. The van der Waals surface area contributed by atoms with Crippen LogP contribution in [0.2, 0.25) is 0 Å². The number of hydrogen-bond donors (Lipinski definition) is 0. The van der Waals surface area contributed by atoms with E-state index >= 15 is 0 Å². The van der Waals surface area contributed by atoms with Gasteiger partial charge in [0.15, 0.2) is 0 Å². The number of rotatable bonds is 4. The van der Waals surface area contributed by atoms with E-state index in [1.165, 1.54) is 63.0 Å². The third-order valence-corrected chi connectivity index (χ3v) is 15.0. The van der Waals surface area contributed by atoms with Crippen molar-refractivity contribution < 1.29 is 0 Å². The quantitative estimate of drug-likeness (QED) is 0.184. The second kappa shape index (κ2) is 14.3. The van der Waals surface area contributed by atoms with Gasteiger partial charge in [-0.25, -0.2) is 0 Å². The van der Waals surface area contributed by atoms with Crippen LogP contribution in [-0.2, 0) is 32.5 Å². The zero-order chi connectivity index (χ0) is 38.5. The van der Waals surface area contributed by atoms with E-state index in [-0.39, 0.29) is 32.5 Å². The average molecular weight is 719 g/mol. The van der Waals surface area contributed by atoms with Crippen LogP contribution in [0.15, 0.2) is 84.9 Å². The highest BCUT2D eigenvalue weighted by Gasteiger charge is 2.33. The molecule has 2 heteroatoms. The van der Waals surface area contributed by atoms with E-state index in [2.05, 4.69) is 210 Å². The van der Waals surface area contributed by atoms with Crippen LogP contribution in [0, 0.1) is 0 Å². The van der Waals surface area contributed by atoms with Crippen LogP contribution in [0.3, 0.4) is 0 Å². The molecule has 0 bridgehead atoms. The van der Waals surface area contributed by atoms with Crippen molar-refractivity contribution in [2.45, 2.75) is 157 Å². The Morgan fingerprint density at radius 2 is 0.686 bits per heavy atom. The molecule has 0 N–H and O–H groups in total. The van der Waals surface area contributed by atoms with Gasteiger partial charge in [-0.3, -0.25) is 0 Å². The van der Waals surface area contributed by atoms with E-state index < -0.39 is 6.83 Å². The van der Waals surface area contributed by atoms with E-state index in [1.54, 1.807) is 5.30 Å². The largest absolute Gasteiger partial charge is 0.0622 e. The van der Waals surface area contributed by atoms with Crippen LogP contribution in [0.1, 0.15) is 169 Å². The van der Waals surface area contributed by atoms with Crippen LogP contribution in [-0.4, -0.2) is 5.29 Å². The molecule has 4 aromatic carbocycles. The minimum absolute atomic E-state index is 0.0277. The van der Waals surface area contributed by atoms with Crippen LogP contribution >= 0.6 is 14.7 Å². The van der Waals surface area contributed by atoms with Crippen LogP contribution < -0.4 is 10.6 Å². The third kappa shape index (κ3) is 9.48. The van der Waals surface area contributed by atoms with Crippen LogP contribution in [0.4, 0.5) is 0 Å². The zero-order valence-corrected chi connectivity index (χ0v) is 37.3. The van der Waals surface area contributed by atoms with Gasteiger partial charge in [-0.1, -0.05) is 216 Å². The Bertz CT molecular complexity index is 1830. The van der Waals surface area contributed by atoms with Crippen molar-refractivity contribution in [1.29, 1.82) is 0 Å². The van der Waals surface area contributed by atoms with Gasteiger partial charge in [-0.15, -0.1) is 0 Å². The molecule has 0 heterocycles. The molecule has 4 aromatic rings. The third-order valence-electron chi connectivity index (χ3n) is 9.90. The summed E-state index contributed by atoms with van der Waals surface area (Å²) in [6.45, 7) is 42.3. The Morgan fingerprint density at radius 3 is 0.961 bits per heavy atom. The van der Waals surface area contributed by atoms with Gasteiger partial charge in [0.25, 0.3) is 0 Å². The molecule has 0 saturated carbocycles. The Balaban J connectivity index is 2.52. The predicted molar refractivity (Wildman–Crippen MR) is 234 cm³/mol. The second-order valence-electron chi connectivity index (χ2n) is 20.8. The SMILES string of the molecule is CC(C)(C)c1cc(C(C)(C)C)c(P=P(=C(c2ccccc2)c2ccccc2)c2c(C(C)(C)C)cc(C(C)(C)C)cc2C(C)(C)C)c(C(C)(C)C)c1. The van der Waals surface area contributed by atoms with E-state index in [0.717, 1.165) is 0 Å². The standard InChI is InChI=1S/C49H68P2/c1-44(2,3)35-29-37(46(7,8)9)41(38(30-35)47(10,11)12)50-51(42(33-25-21-19-22-26-33)34-27-23-20-24-28-34)43-39(48(13,14)15)31-36(45(4,5)6)32-40(43)49(16,17)18/h19-32H,1-18H3. The Morgan fingerprint density at radius 1 is 0.392 bits per heavy atom. The first-order valence-corrected chi connectivity index (χ1v) is 21.9. The van der Waals surface area contributed by atoms with Gasteiger partial charge in [0.1, 0.15) is 0 Å². The van der Waals surface area contributed by atoms with Crippen molar-refractivity contribution >= 4 is 30.6 Å². The summed E-state index contributed by atoms with van der Waals surface area (Å²) in [4.78, 5) is 0. The molecule has 51 heavy (non-hydrogen) atoms. The number of benzene rings is 4. The molecule has 1 atom stereocenters. The van der Waals surface area contributed by atoms with Crippen molar-refractivity contribution in [3.8, 4) is 0 Å². The van der Waals surface area contributed by atoms with Crippen molar-refractivity contribution in [3.63, 3.8) is 0 Å². The maximum Gasteiger partial charge on any atom is 0.0171 e. The van der Waals surface area contributed by atoms with E-state index in [9.17, 15) is 0 Å². The molecule has 0 aliphatic heterocycles. The van der Waals surface area contributed by atoms with Gasteiger partial charge in [0.2, 0.25) is 0 Å². The molecule has 0 radical (unpaired) electrons. The Hall–Kier alpha value is -2.65. The van der Waals surface area contributed by atoms with E-state index in [0.29, 0.717) is 0 Å². The maximum absolute atomic E-state index is 2.58. The van der Waals surface area contributed by atoms with Crippen LogP contribution in [0.5, 0.6) is 0 Å². The molecule has 0 nitrogen and oxygen atoms in total. The lowest BCUT2D eigenvalue weighted by Gasteiger charge is -2.35. The molecule has 0 saturated heterocycles. The molecule has 0 aliphatic rings. The topological polar surface area (TPSA) is 0 Å². The molecule has 0 fully saturated rings. The zero-order valence-electron chi connectivity index (χ0n) is 35.5. The summed E-state index contributed by atoms with van der Waals surface area (Å²) in [5, 5.41) is 4.53. The minimum atomic E-state index is -0.942. The lowest BCUT2D eigenvalue weighted by Crippen LogP contribution is -2.31. The highest BCUT2D eigenvalue weighted by Crippen LogP contribution is 2.45. The highest BCUT2D eigenvalue weighted by atomic mass is 31.7. The van der Waals surface area contributed by atoms with Gasteiger partial charge in [-0.05, 0) is 84.9 Å². The Labute approximate surface area is 315 Å². The fourth-order valence-electron chi connectivity index (χ4n) is 6.67. The van der Waals surface area contributed by atoms with Crippen molar-refractivity contribution in [2.24, 2.45) is 0 Å². The van der Waals surface area contributed by atoms with E-state index in [4.69, 9.17) is 0 Å². The summed E-state index contributed by atoms with van der Waals surface area (Å²) in [5.74, 6) is 0. The molecular formula is C49H68P2. The minimum Gasteiger partial charge on any atom is -0.0622 e. The van der Waals surface area contributed by atoms with Gasteiger partial charge in [0.05, 0.1) is 0 Å². The van der Waals surface area contributed by atoms with Gasteiger partial charge in [0, 0.05) is 15.9 Å². The fourth-order valence-corrected chi connectivity index (χ4v) is 13.5. The first-order valence-electron chi connectivity index (χ1n) is 19.0. The molecule has 0 aliphatic carbocycles. The summed E-state index contributed by atoms with van der Waals surface area (Å²) >= 11 is 0. The highest BCUT2D eigenvalue weighted by molar-refractivity contribution is 8.01. The molecule has 0 aromatic heterocycles. The Kier molecular flexibility index (Phi) is 11.5. The maximum atomic E-state index is 2.58. The van der Waals surface area contributed by atoms with Crippen molar-refractivity contribution in [3.05, 3.63) is 129 Å². The predicted octanol–water partition coefficient (Wildman–Crippen LogP) is 14.0. The summed E-state index contributed by atoms with van der Waals surface area (Å²) in [6.07, 6.45) is 0. The van der Waals surface area contributed by atoms with Gasteiger partial charge < -0.3 is 0 Å². The molecule has 274 valence electrons. The first-order chi connectivity index (χ1) is 23.1. The van der Waals surface area contributed by atoms with Crippen molar-refractivity contribution in [2.75, 3.05) is 0 Å². The van der Waals surface area contributed by atoms with Crippen LogP contribution in [0.25, 0.3) is 0 Å². The molecular weight excluding hydrogens is 650 g/mol. The molecule has 1 unspecified atom stereocenters. The van der Waals surface area contributed by atoms with Crippen molar-refractivity contribution in [1.82, 2.24) is 0 Å². The lowest BCUT2D eigenvalue weighted by molar-refractivity contribution is 0.553. The monoisotopic (exact) mass is 718 g/mol. The number of hydrogen-bond acceptors (Lipinski definition) is 0. The summed E-state index contributed by atoms with van der Waals surface area (Å²) in [7, 11) is 1.38. The summed E-state index contributed by atoms with van der Waals surface area (Å²) in [6, 6.07) is 32.9. The molecule has 4 rings (SSSR count). The van der Waals surface area contributed by atoms with Gasteiger partial charge >= 0.3 is 0 Å².